The molecule has 2 atom stereocenters. The second-order valence-electron chi connectivity index (χ2n) is 2.77. The van der Waals surface area contributed by atoms with Crippen molar-refractivity contribution >= 4 is 5.78 Å². The summed E-state index contributed by atoms with van der Waals surface area (Å²) in [5.41, 5.74) is 0. The fourth-order valence-corrected chi connectivity index (χ4v) is 1.16. The molecule has 0 bridgehead atoms. The zero-order chi connectivity index (χ0) is 6.15. The molecule has 0 saturated heterocycles. The van der Waals surface area contributed by atoms with Crippen molar-refractivity contribution in [2.24, 2.45) is 11.8 Å². The lowest BCUT2D eigenvalue weighted by atomic mass is 10.0. The monoisotopic (exact) mass is 112 g/mol. The molecule has 1 nitrogen and oxygen atoms in total. The van der Waals surface area contributed by atoms with E-state index in [1.807, 2.05) is 6.92 Å². The first-order valence-corrected chi connectivity index (χ1v) is 3.24. The number of carbonyl (C=O) groups excluding carboxylic acids is 1. The third-order valence-electron chi connectivity index (χ3n) is 2.21. The van der Waals surface area contributed by atoms with Crippen LogP contribution in [0.15, 0.2) is 0 Å². The Morgan fingerprint density at radius 3 is 2.25 bits per heavy atom. The summed E-state index contributed by atoms with van der Waals surface area (Å²) in [6.07, 6.45) is 1.93. The lowest BCUT2D eigenvalue weighted by Gasteiger charge is -2.03. The van der Waals surface area contributed by atoms with E-state index in [-0.39, 0.29) is 0 Å². The molecule has 0 N–H and O–H groups in total. The van der Waals surface area contributed by atoms with Crippen molar-refractivity contribution in [3.63, 3.8) is 0 Å². The van der Waals surface area contributed by atoms with Crippen LogP contribution in [-0.2, 0) is 4.79 Å². The number of ketones is 1. The van der Waals surface area contributed by atoms with Crippen LogP contribution < -0.4 is 0 Å². The molecule has 1 rings (SSSR count). The normalized spacial score (nSPS) is 38.5. The third-order valence-corrected chi connectivity index (χ3v) is 2.21. The maximum absolute atomic E-state index is 10.8. The smallest absolute Gasteiger partial charge is 0.135 e. The molecule has 1 aliphatic carbocycles. The number of rotatable bonds is 0. The predicted octanol–water partition coefficient (Wildman–Crippen LogP) is 1.62. The second kappa shape index (κ2) is 1.88. The van der Waals surface area contributed by atoms with E-state index in [0.29, 0.717) is 17.6 Å². The van der Waals surface area contributed by atoms with Gasteiger partial charge in [-0.2, -0.15) is 0 Å². The average molecular weight is 112 g/mol. The van der Waals surface area contributed by atoms with E-state index in [1.54, 1.807) is 0 Å². The van der Waals surface area contributed by atoms with E-state index in [2.05, 4.69) is 6.92 Å². The van der Waals surface area contributed by atoms with Crippen LogP contribution in [-0.4, -0.2) is 5.78 Å². The molecule has 0 radical (unpaired) electrons. The van der Waals surface area contributed by atoms with E-state index >= 15 is 0 Å². The molecule has 0 amide bonds. The molecule has 1 fully saturated rings. The van der Waals surface area contributed by atoms with Crippen molar-refractivity contribution in [2.75, 3.05) is 0 Å². The summed E-state index contributed by atoms with van der Waals surface area (Å²) in [4.78, 5) is 10.8. The van der Waals surface area contributed by atoms with E-state index in [1.165, 1.54) is 0 Å². The molecule has 1 heteroatoms. The molecule has 0 aromatic rings. The molecule has 8 heavy (non-hydrogen) atoms. The van der Waals surface area contributed by atoms with E-state index in [4.69, 9.17) is 0 Å². The van der Waals surface area contributed by atoms with Crippen LogP contribution in [0.1, 0.15) is 26.7 Å². The van der Waals surface area contributed by atoms with Gasteiger partial charge < -0.3 is 0 Å². The van der Waals surface area contributed by atoms with Gasteiger partial charge in [-0.25, -0.2) is 0 Å². The summed E-state index contributed by atoms with van der Waals surface area (Å²) in [5.74, 6) is 1.44. The summed E-state index contributed by atoms with van der Waals surface area (Å²) in [6, 6.07) is 0. The van der Waals surface area contributed by atoms with Crippen molar-refractivity contribution in [2.45, 2.75) is 26.7 Å². The van der Waals surface area contributed by atoms with E-state index < -0.39 is 0 Å². The molecular formula is C7H12O. The minimum absolute atomic E-state index is 0.343. The third kappa shape index (κ3) is 0.770. The van der Waals surface area contributed by atoms with Gasteiger partial charge in [0.2, 0.25) is 0 Å². The molecule has 0 aromatic heterocycles. The number of carbonyl (C=O) groups is 1. The van der Waals surface area contributed by atoms with Gasteiger partial charge in [-0.05, 0) is 12.3 Å². The van der Waals surface area contributed by atoms with Crippen LogP contribution in [0.25, 0.3) is 0 Å². The highest BCUT2D eigenvalue weighted by Crippen LogP contribution is 2.26. The molecular weight excluding hydrogens is 100 g/mol. The van der Waals surface area contributed by atoms with Gasteiger partial charge in [0.25, 0.3) is 0 Å². The zero-order valence-electron chi connectivity index (χ0n) is 5.48. The van der Waals surface area contributed by atoms with Crippen molar-refractivity contribution < 1.29 is 4.79 Å². The highest BCUT2D eigenvalue weighted by atomic mass is 16.1. The lowest BCUT2D eigenvalue weighted by molar-refractivity contribution is -0.120. The summed E-state index contributed by atoms with van der Waals surface area (Å²) >= 11 is 0. The van der Waals surface area contributed by atoms with E-state index in [0.717, 1.165) is 12.8 Å². The Balaban J connectivity index is 2.56. The van der Waals surface area contributed by atoms with Crippen LogP contribution in [0.4, 0.5) is 0 Å². The van der Waals surface area contributed by atoms with Gasteiger partial charge in [-0.1, -0.05) is 13.8 Å². The van der Waals surface area contributed by atoms with Crippen LogP contribution in [0.2, 0.25) is 0 Å². The fourth-order valence-electron chi connectivity index (χ4n) is 1.16. The Morgan fingerprint density at radius 1 is 1.50 bits per heavy atom. The quantitative estimate of drug-likeness (QED) is 0.465. The largest absolute Gasteiger partial charge is 0.299 e. The first-order chi connectivity index (χ1) is 3.72. The second-order valence-corrected chi connectivity index (χ2v) is 2.77. The Kier molecular flexibility index (Phi) is 1.37. The highest BCUT2D eigenvalue weighted by molar-refractivity contribution is 5.82. The van der Waals surface area contributed by atoms with Crippen molar-refractivity contribution in [1.29, 1.82) is 0 Å². The van der Waals surface area contributed by atoms with Crippen LogP contribution >= 0.6 is 0 Å². The summed E-state index contributed by atoms with van der Waals surface area (Å²) < 4.78 is 0. The van der Waals surface area contributed by atoms with Crippen molar-refractivity contribution in [3.05, 3.63) is 0 Å². The van der Waals surface area contributed by atoms with Crippen molar-refractivity contribution in [3.8, 4) is 0 Å². The van der Waals surface area contributed by atoms with Gasteiger partial charge in [-0.3, -0.25) is 4.79 Å². The highest BCUT2D eigenvalue weighted by Gasteiger charge is 2.26. The standard InChI is InChI=1S/C7H12O/c1-5-3-4-7(8)6(5)2/h5-6H,3-4H2,1-2H3/t5-,6-/m1/s1. The Labute approximate surface area is 50.1 Å². The fraction of sp³-hybridized carbons (Fsp3) is 0.857. The Hall–Kier alpha value is -0.330. The summed E-state index contributed by atoms with van der Waals surface area (Å²) in [5, 5.41) is 0. The minimum Gasteiger partial charge on any atom is -0.299 e. The molecule has 46 valence electrons. The van der Waals surface area contributed by atoms with Gasteiger partial charge in [0.05, 0.1) is 0 Å². The molecule has 1 saturated carbocycles. The van der Waals surface area contributed by atoms with Crippen LogP contribution in [0.5, 0.6) is 0 Å². The van der Waals surface area contributed by atoms with Gasteiger partial charge >= 0.3 is 0 Å². The van der Waals surface area contributed by atoms with Crippen molar-refractivity contribution in [1.82, 2.24) is 0 Å². The van der Waals surface area contributed by atoms with Gasteiger partial charge in [0, 0.05) is 12.3 Å². The van der Waals surface area contributed by atoms with Gasteiger partial charge in [-0.15, -0.1) is 0 Å². The Morgan fingerprint density at radius 2 is 2.12 bits per heavy atom. The number of Topliss-reactive ketones (excluding diaryl/α,β-unsaturated/α-hetero) is 1. The lowest BCUT2D eigenvalue weighted by Crippen LogP contribution is -2.06. The van der Waals surface area contributed by atoms with Crippen LogP contribution in [0.3, 0.4) is 0 Å². The maximum Gasteiger partial charge on any atom is 0.135 e. The summed E-state index contributed by atoms with van der Waals surface area (Å²) in [6.45, 7) is 4.18. The van der Waals surface area contributed by atoms with Gasteiger partial charge in [0.15, 0.2) is 0 Å². The number of hydrogen-bond donors (Lipinski definition) is 0. The predicted molar refractivity (Wildman–Crippen MR) is 32.6 cm³/mol. The molecule has 1 aliphatic rings. The zero-order valence-corrected chi connectivity index (χ0v) is 5.48. The molecule has 0 spiro atoms. The molecule has 0 heterocycles. The Bertz CT molecular complexity index is 107. The topological polar surface area (TPSA) is 17.1 Å². The molecule has 0 aromatic carbocycles. The molecule has 0 aliphatic heterocycles. The minimum atomic E-state index is 0.343. The average Bonchev–Trinajstić information content (AvgIpc) is 1.98. The number of hydrogen-bond acceptors (Lipinski definition) is 1. The first kappa shape index (κ1) is 5.80. The van der Waals surface area contributed by atoms with Gasteiger partial charge in [0.1, 0.15) is 5.78 Å². The molecule has 0 unspecified atom stereocenters. The maximum atomic E-state index is 10.8. The SMILES string of the molecule is C[C@@H]1CCC(=O)[C@@H]1C. The first-order valence-electron chi connectivity index (χ1n) is 3.24. The van der Waals surface area contributed by atoms with Crippen LogP contribution in [0, 0.1) is 11.8 Å². The van der Waals surface area contributed by atoms with E-state index in [9.17, 15) is 4.79 Å². The summed E-state index contributed by atoms with van der Waals surface area (Å²) in [7, 11) is 0.